The standard InChI is InChI=1S/C25H22ClN3O/c1-24(2,3)23(30)21-20(17-8-6-9-18(26)13-17)25(14-27,15-28)22-19-10-5-4-7-16(19)11-12-29(21)22/h4-13,20-22H,1-3H3/t20-,21-,22-/m1/s1. The summed E-state index contributed by atoms with van der Waals surface area (Å²) in [6.07, 6.45) is 3.82. The van der Waals surface area contributed by atoms with Gasteiger partial charge in [-0.25, -0.2) is 0 Å². The molecule has 0 aromatic heterocycles. The van der Waals surface area contributed by atoms with Gasteiger partial charge in [0.2, 0.25) is 0 Å². The van der Waals surface area contributed by atoms with Gasteiger partial charge in [-0.15, -0.1) is 0 Å². The summed E-state index contributed by atoms with van der Waals surface area (Å²) in [4.78, 5) is 15.6. The molecule has 2 aromatic carbocycles. The molecular weight excluding hydrogens is 394 g/mol. The molecule has 0 saturated carbocycles. The topological polar surface area (TPSA) is 67.9 Å². The lowest BCUT2D eigenvalue weighted by Gasteiger charge is -2.36. The van der Waals surface area contributed by atoms with Gasteiger partial charge in [0.1, 0.15) is 0 Å². The van der Waals surface area contributed by atoms with Crippen LogP contribution in [-0.2, 0) is 4.79 Å². The summed E-state index contributed by atoms with van der Waals surface area (Å²) >= 11 is 6.28. The minimum Gasteiger partial charge on any atom is -0.357 e. The number of hydrogen-bond acceptors (Lipinski definition) is 4. The predicted octanol–water partition coefficient (Wildman–Crippen LogP) is 5.48. The second kappa shape index (κ2) is 7.01. The maximum absolute atomic E-state index is 13.7. The molecule has 1 saturated heterocycles. The van der Waals surface area contributed by atoms with Crippen LogP contribution in [0.15, 0.2) is 54.7 Å². The highest BCUT2D eigenvalue weighted by molar-refractivity contribution is 6.30. The molecule has 1 fully saturated rings. The average Bonchev–Trinajstić information content (AvgIpc) is 3.03. The molecular formula is C25H22ClN3O. The van der Waals surface area contributed by atoms with Crippen molar-refractivity contribution in [2.24, 2.45) is 10.8 Å². The first-order valence-electron chi connectivity index (χ1n) is 9.91. The minimum absolute atomic E-state index is 0.00567. The van der Waals surface area contributed by atoms with E-state index in [2.05, 4.69) is 12.1 Å². The van der Waals surface area contributed by atoms with Gasteiger partial charge in [-0.3, -0.25) is 4.79 Å². The van der Waals surface area contributed by atoms with E-state index in [-0.39, 0.29) is 5.78 Å². The lowest BCUT2D eigenvalue weighted by atomic mass is 9.66. The third-order valence-corrected chi connectivity index (χ3v) is 6.39. The van der Waals surface area contributed by atoms with Crippen LogP contribution in [0, 0.1) is 33.5 Å². The zero-order valence-electron chi connectivity index (χ0n) is 17.1. The normalized spacial score (nSPS) is 23.8. The second-order valence-electron chi connectivity index (χ2n) is 8.98. The average molecular weight is 416 g/mol. The van der Waals surface area contributed by atoms with Crippen molar-refractivity contribution in [2.45, 2.75) is 38.8 Å². The Hall–Kier alpha value is -3.08. The van der Waals surface area contributed by atoms with Gasteiger partial charge >= 0.3 is 0 Å². The van der Waals surface area contributed by atoms with E-state index in [4.69, 9.17) is 11.6 Å². The molecule has 2 aliphatic rings. The Morgan fingerprint density at radius 3 is 2.43 bits per heavy atom. The van der Waals surface area contributed by atoms with Crippen LogP contribution >= 0.6 is 11.6 Å². The van der Waals surface area contributed by atoms with E-state index in [0.29, 0.717) is 5.02 Å². The molecule has 0 N–H and O–H groups in total. The molecule has 0 amide bonds. The van der Waals surface area contributed by atoms with Crippen LogP contribution in [0.1, 0.15) is 49.4 Å². The highest BCUT2D eigenvalue weighted by Gasteiger charge is 2.64. The third kappa shape index (κ3) is 2.83. The number of carbonyl (C=O) groups is 1. The monoisotopic (exact) mass is 415 g/mol. The first-order valence-corrected chi connectivity index (χ1v) is 10.3. The number of rotatable bonds is 2. The smallest absolute Gasteiger partial charge is 0.177 e. The Morgan fingerprint density at radius 1 is 1.10 bits per heavy atom. The molecule has 4 rings (SSSR count). The lowest BCUT2D eigenvalue weighted by Crippen LogP contribution is -2.43. The van der Waals surface area contributed by atoms with Crippen molar-refractivity contribution in [3.05, 3.63) is 76.4 Å². The van der Waals surface area contributed by atoms with E-state index in [9.17, 15) is 15.3 Å². The van der Waals surface area contributed by atoms with E-state index in [1.807, 2.05) is 68.3 Å². The van der Waals surface area contributed by atoms with Gasteiger partial charge < -0.3 is 4.90 Å². The first-order chi connectivity index (χ1) is 14.2. The van der Waals surface area contributed by atoms with Crippen LogP contribution < -0.4 is 0 Å². The van der Waals surface area contributed by atoms with Crippen molar-refractivity contribution in [3.63, 3.8) is 0 Å². The SMILES string of the molecule is CC(C)(C)C(=O)[C@H]1[C@@H](c2cccc(Cl)c2)C(C#N)(C#N)[C@H]2c3ccccc3C=CN12. The summed E-state index contributed by atoms with van der Waals surface area (Å²) in [6.45, 7) is 5.62. The molecule has 0 spiro atoms. The van der Waals surface area contributed by atoms with Gasteiger partial charge in [-0.2, -0.15) is 10.5 Å². The first kappa shape index (κ1) is 20.2. The van der Waals surface area contributed by atoms with Gasteiger partial charge in [-0.05, 0) is 34.9 Å². The highest BCUT2D eigenvalue weighted by Crippen LogP contribution is 2.60. The molecule has 2 heterocycles. The molecule has 150 valence electrons. The number of Topliss-reactive ketones (excluding diaryl/α,β-unsaturated/α-hetero) is 1. The van der Waals surface area contributed by atoms with E-state index in [1.165, 1.54) is 0 Å². The summed E-state index contributed by atoms with van der Waals surface area (Å²) in [5.41, 5.74) is 0.491. The van der Waals surface area contributed by atoms with Crippen molar-refractivity contribution in [1.82, 2.24) is 4.90 Å². The summed E-state index contributed by atoms with van der Waals surface area (Å²) in [5.74, 6) is -0.646. The quantitative estimate of drug-likeness (QED) is 0.651. The Morgan fingerprint density at radius 2 is 1.80 bits per heavy atom. The largest absolute Gasteiger partial charge is 0.357 e. The number of carbonyl (C=O) groups excluding carboxylic acids is 1. The summed E-state index contributed by atoms with van der Waals surface area (Å²) in [6, 6.07) is 18.4. The van der Waals surface area contributed by atoms with E-state index < -0.39 is 28.8 Å². The Kier molecular flexibility index (Phi) is 4.72. The molecule has 2 aliphatic heterocycles. The van der Waals surface area contributed by atoms with Gasteiger partial charge in [0.25, 0.3) is 0 Å². The number of ketones is 1. The fraction of sp³-hybridized carbons (Fsp3) is 0.320. The Balaban J connectivity index is 2.03. The van der Waals surface area contributed by atoms with Gasteiger partial charge in [0.05, 0.1) is 24.2 Å². The summed E-state index contributed by atoms with van der Waals surface area (Å²) < 4.78 is 0. The third-order valence-electron chi connectivity index (χ3n) is 6.16. The zero-order valence-corrected chi connectivity index (χ0v) is 17.9. The number of halogens is 1. The Bertz CT molecular complexity index is 1120. The van der Waals surface area contributed by atoms with Crippen LogP contribution in [-0.4, -0.2) is 16.7 Å². The van der Waals surface area contributed by atoms with Gasteiger partial charge in [-0.1, -0.05) is 68.8 Å². The number of nitrogens with zero attached hydrogens (tertiary/aromatic N) is 3. The minimum atomic E-state index is -1.45. The number of benzene rings is 2. The maximum atomic E-state index is 13.7. The summed E-state index contributed by atoms with van der Waals surface area (Å²) in [7, 11) is 0. The molecule has 2 aromatic rings. The van der Waals surface area contributed by atoms with E-state index >= 15 is 0 Å². The predicted molar refractivity (Wildman–Crippen MR) is 116 cm³/mol. The molecule has 3 atom stereocenters. The Labute approximate surface area is 182 Å². The highest BCUT2D eigenvalue weighted by atomic mass is 35.5. The molecule has 4 nitrogen and oxygen atoms in total. The van der Waals surface area contributed by atoms with Crippen molar-refractivity contribution in [3.8, 4) is 12.1 Å². The van der Waals surface area contributed by atoms with E-state index in [1.54, 1.807) is 18.2 Å². The molecule has 0 bridgehead atoms. The van der Waals surface area contributed by atoms with Gasteiger partial charge in [0, 0.05) is 22.6 Å². The molecule has 0 unspecified atom stereocenters. The van der Waals surface area contributed by atoms with Crippen LogP contribution in [0.25, 0.3) is 6.08 Å². The van der Waals surface area contributed by atoms with Crippen molar-refractivity contribution >= 4 is 23.5 Å². The van der Waals surface area contributed by atoms with Crippen molar-refractivity contribution in [1.29, 1.82) is 10.5 Å². The van der Waals surface area contributed by atoms with Crippen molar-refractivity contribution < 1.29 is 4.79 Å². The molecule has 30 heavy (non-hydrogen) atoms. The molecule has 0 radical (unpaired) electrons. The maximum Gasteiger partial charge on any atom is 0.177 e. The summed E-state index contributed by atoms with van der Waals surface area (Å²) in [5, 5.41) is 21.3. The zero-order chi connectivity index (χ0) is 21.7. The number of nitriles is 2. The number of hydrogen-bond donors (Lipinski definition) is 0. The molecule has 0 aliphatic carbocycles. The van der Waals surface area contributed by atoms with Crippen LogP contribution in [0.5, 0.6) is 0 Å². The number of fused-ring (bicyclic) bond motifs is 3. The van der Waals surface area contributed by atoms with Gasteiger partial charge in [0.15, 0.2) is 11.2 Å². The van der Waals surface area contributed by atoms with Crippen LogP contribution in [0.3, 0.4) is 0 Å². The fourth-order valence-corrected chi connectivity index (χ4v) is 5.01. The van der Waals surface area contributed by atoms with Crippen molar-refractivity contribution in [2.75, 3.05) is 0 Å². The van der Waals surface area contributed by atoms with Crippen LogP contribution in [0.4, 0.5) is 0 Å². The second-order valence-corrected chi connectivity index (χ2v) is 9.42. The fourth-order valence-electron chi connectivity index (χ4n) is 4.81. The molecule has 5 heteroatoms. The van der Waals surface area contributed by atoms with E-state index in [0.717, 1.165) is 16.7 Å². The lowest BCUT2D eigenvalue weighted by molar-refractivity contribution is -0.130. The van der Waals surface area contributed by atoms with Crippen LogP contribution in [0.2, 0.25) is 5.02 Å².